The molecule has 1 saturated heterocycles. The highest BCUT2D eigenvalue weighted by Crippen LogP contribution is 2.22. The Bertz CT molecular complexity index is 266. The molecule has 1 aromatic rings. The second-order valence-corrected chi connectivity index (χ2v) is 3.34. The Balaban J connectivity index is 2.03. The molecule has 0 spiro atoms. The van der Waals surface area contributed by atoms with Crippen LogP contribution in [0, 0.1) is 0 Å². The Morgan fingerprint density at radius 2 is 2.62 bits per heavy atom. The summed E-state index contributed by atoms with van der Waals surface area (Å²) in [5.41, 5.74) is 0.973. The largest absolute Gasteiger partial charge is 0.396 e. The summed E-state index contributed by atoms with van der Waals surface area (Å²) in [4.78, 5) is 0. The maximum absolute atomic E-state index is 8.69. The Hall–Kier alpha value is -0.870. The number of nitrogens with one attached hydrogen (secondary N) is 1. The zero-order valence-corrected chi connectivity index (χ0v) is 7.49. The molecule has 1 fully saturated rings. The summed E-state index contributed by atoms with van der Waals surface area (Å²) < 4.78 is 5.07. The zero-order valence-electron chi connectivity index (χ0n) is 7.49. The van der Waals surface area contributed by atoms with Gasteiger partial charge >= 0.3 is 0 Å². The lowest BCUT2D eigenvalue weighted by Crippen LogP contribution is -2.12. The van der Waals surface area contributed by atoms with E-state index in [9.17, 15) is 0 Å². The van der Waals surface area contributed by atoms with Crippen LogP contribution in [-0.2, 0) is 6.42 Å². The van der Waals surface area contributed by atoms with Crippen LogP contribution in [0.3, 0.4) is 0 Å². The van der Waals surface area contributed by atoms with Crippen LogP contribution in [0.1, 0.15) is 30.3 Å². The predicted molar refractivity (Wildman–Crippen MR) is 47.3 cm³/mol. The number of hydrogen-bond acceptors (Lipinski definition) is 4. The van der Waals surface area contributed by atoms with Gasteiger partial charge in [-0.05, 0) is 19.4 Å². The molecule has 1 atom stereocenters. The van der Waals surface area contributed by atoms with Gasteiger partial charge in [-0.25, -0.2) is 0 Å². The molecular formula is C9H14N2O2. The fraction of sp³-hybridized carbons (Fsp3) is 0.667. The van der Waals surface area contributed by atoms with E-state index in [0.29, 0.717) is 12.5 Å². The van der Waals surface area contributed by atoms with Crippen molar-refractivity contribution in [2.45, 2.75) is 25.3 Å². The molecule has 0 bridgehead atoms. The molecule has 0 aromatic carbocycles. The maximum atomic E-state index is 8.69. The van der Waals surface area contributed by atoms with Gasteiger partial charge in [0.2, 0.25) is 0 Å². The fourth-order valence-electron chi connectivity index (χ4n) is 1.66. The molecule has 2 heterocycles. The van der Waals surface area contributed by atoms with Crippen LogP contribution in [-0.4, -0.2) is 23.4 Å². The molecule has 1 aliphatic rings. The fourth-order valence-corrected chi connectivity index (χ4v) is 1.66. The lowest BCUT2D eigenvalue weighted by Gasteiger charge is -2.02. The minimum absolute atomic E-state index is 0.118. The standard InChI is InChI=1S/C9H14N2O2/c12-5-3-7-6-9(11-13-7)8-2-1-4-10-8/h6,8,10,12H,1-5H2/t8-/m1/s1. The van der Waals surface area contributed by atoms with Gasteiger partial charge in [-0.2, -0.15) is 0 Å². The number of nitrogens with zero attached hydrogens (tertiary/aromatic N) is 1. The van der Waals surface area contributed by atoms with Crippen LogP contribution in [0.2, 0.25) is 0 Å². The van der Waals surface area contributed by atoms with Crippen molar-refractivity contribution in [1.29, 1.82) is 0 Å². The van der Waals surface area contributed by atoms with E-state index < -0.39 is 0 Å². The minimum atomic E-state index is 0.118. The summed E-state index contributed by atoms with van der Waals surface area (Å²) in [6.07, 6.45) is 2.89. The van der Waals surface area contributed by atoms with Gasteiger partial charge in [0.1, 0.15) is 11.5 Å². The Morgan fingerprint density at radius 1 is 1.69 bits per heavy atom. The van der Waals surface area contributed by atoms with Crippen LogP contribution < -0.4 is 5.32 Å². The molecule has 0 amide bonds. The van der Waals surface area contributed by atoms with E-state index in [0.717, 1.165) is 24.4 Å². The summed E-state index contributed by atoms with van der Waals surface area (Å²) in [6, 6.07) is 2.29. The summed E-state index contributed by atoms with van der Waals surface area (Å²) >= 11 is 0. The maximum Gasteiger partial charge on any atom is 0.139 e. The summed E-state index contributed by atoms with van der Waals surface area (Å²) in [5.74, 6) is 0.770. The minimum Gasteiger partial charge on any atom is -0.396 e. The first kappa shape index (κ1) is 8.72. The SMILES string of the molecule is OCCc1cc([C@H]2CCCN2)no1. The van der Waals surface area contributed by atoms with Crippen LogP contribution in [0.4, 0.5) is 0 Å². The van der Waals surface area contributed by atoms with Crippen molar-refractivity contribution in [3.63, 3.8) is 0 Å². The van der Waals surface area contributed by atoms with E-state index in [1.54, 1.807) is 0 Å². The second kappa shape index (κ2) is 3.89. The number of rotatable bonds is 3. The van der Waals surface area contributed by atoms with E-state index >= 15 is 0 Å². The zero-order chi connectivity index (χ0) is 9.10. The van der Waals surface area contributed by atoms with Crippen molar-refractivity contribution in [1.82, 2.24) is 10.5 Å². The first-order chi connectivity index (χ1) is 6.40. The van der Waals surface area contributed by atoms with E-state index in [2.05, 4.69) is 10.5 Å². The Morgan fingerprint density at radius 3 is 3.31 bits per heavy atom. The molecule has 4 nitrogen and oxygen atoms in total. The van der Waals surface area contributed by atoms with Gasteiger partial charge in [0, 0.05) is 12.5 Å². The topological polar surface area (TPSA) is 58.3 Å². The third-order valence-electron chi connectivity index (χ3n) is 2.35. The summed E-state index contributed by atoms with van der Waals surface area (Å²) in [5, 5.41) is 16.0. The van der Waals surface area contributed by atoms with Gasteiger partial charge in [-0.1, -0.05) is 5.16 Å². The first-order valence-corrected chi connectivity index (χ1v) is 4.70. The van der Waals surface area contributed by atoms with Crippen LogP contribution >= 0.6 is 0 Å². The highest BCUT2D eigenvalue weighted by atomic mass is 16.5. The van der Waals surface area contributed by atoms with E-state index in [4.69, 9.17) is 9.63 Å². The Labute approximate surface area is 76.9 Å². The van der Waals surface area contributed by atoms with E-state index in [1.807, 2.05) is 6.07 Å². The average Bonchev–Trinajstić information content (AvgIpc) is 2.70. The molecule has 0 aliphatic carbocycles. The molecule has 72 valence electrons. The third kappa shape index (κ3) is 1.89. The van der Waals surface area contributed by atoms with Crippen LogP contribution in [0.5, 0.6) is 0 Å². The van der Waals surface area contributed by atoms with Crippen molar-refractivity contribution in [3.8, 4) is 0 Å². The van der Waals surface area contributed by atoms with Gasteiger partial charge in [-0.15, -0.1) is 0 Å². The lowest BCUT2D eigenvalue weighted by atomic mass is 10.1. The normalized spacial score (nSPS) is 22.4. The molecule has 0 unspecified atom stereocenters. The highest BCUT2D eigenvalue weighted by Gasteiger charge is 2.19. The smallest absolute Gasteiger partial charge is 0.139 e. The third-order valence-corrected chi connectivity index (χ3v) is 2.35. The second-order valence-electron chi connectivity index (χ2n) is 3.34. The number of aromatic nitrogens is 1. The van der Waals surface area contributed by atoms with Gasteiger partial charge < -0.3 is 14.9 Å². The molecule has 0 saturated carbocycles. The number of aliphatic hydroxyl groups is 1. The highest BCUT2D eigenvalue weighted by molar-refractivity contribution is 5.11. The molecule has 1 aliphatic heterocycles. The van der Waals surface area contributed by atoms with Crippen molar-refractivity contribution in [3.05, 3.63) is 17.5 Å². The summed E-state index contributed by atoms with van der Waals surface area (Å²) in [6.45, 7) is 1.18. The van der Waals surface area contributed by atoms with Crippen LogP contribution in [0.25, 0.3) is 0 Å². The number of aliphatic hydroxyl groups excluding tert-OH is 1. The summed E-state index contributed by atoms with van der Waals surface area (Å²) in [7, 11) is 0. The van der Waals surface area contributed by atoms with Gasteiger partial charge in [-0.3, -0.25) is 0 Å². The van der Waals surface area contributed by atoms with Gasteiger partial charge in [0.05, 0.1) is 12.6 Å². The van der Waals surface area contributed by atoms with E-state index in [1.165, 1.54) is 6.42 Å². The van der Waals surface area contributed by atoms with Crippen molar-refractivity contribution < 1.29 is 9.63 Å². The molecular weight excluding hydrogens is 168 g/mol. The Kier molecular flexibility index (Phi) is 2.61. The van der Waals surface area contributed by atoms with Gasteiger partial charge in [0.25, 0.3) is 0 Å². The molecule has 2 rings (SSSR count). The van der Waals surface area contributed by atoms with Crippen LogP contribution in [0.15, 0.2) is 10.6 Å². The predicted octanol–water partition coefficient (Wildman–Crippen LogP) is 0.634. The quantitative estimate of drug-likeness (QED) is 0.720. The van der Waals surface area contributed by atoms with Gasteiger partial charge in [0.15, 0.2) is 0 Å². The molecule has 4 heteroatoms. The number of hydrogen-bond donors (Lipinski definition) is 2. The van der Waals surface area contributed by atoms with E-state index in [-0.39, 0.29) is 6.61 Å². The molecule has 2 N–H and O–H groups in total. The average molecular weight is 182 g/mol. The molecule has 13 heavy (non-hydrogen) atoms. The van der Waals surface area contributed by atoms with Crippen molar-refractivity contribution in [2.75, 3.05) is 13.2 Å². The first-order valence-electron chi connectivity index (χ1n) is 4.70. The van der Waals surface area contributed by atoms with Crippen molar-refractivity contribution >= 4 is 0 Å². The lowest BCUT2D eigenvalue weighted by molar-refractivity contribution is 0.276. The van der Waals surface area contributed by atoms with Crippen molar-refractivity contribution in [2.24, 2.45) is 0 Å². The monoisotopic (exact) mass is 182 g/mol. The molecule has 0 radical (unpaired) electrons. The molecule has 1 aromatic heterocycles.